The maximum absolute atomic E-state index is 12.7. The fourth-order valence-corrected chi connectivity index (χ4v) is 4.38. The highest BCUT2D eigenvalue weighted by molar-refractivity contribution is 7.16. The molecular formula is C23H26N2O3S. The molecule has 0 aliphatic rings. The van der Waals surface area contributed by atoms with Crippen molar-refractivity contribution in [3.63, 3.8) is 0 Å². The molecule has 0 saturated heterocycles. The Labute approximate surface area is 174 Å². The maximum Gasteiger partial charge on any atom is 0.326 e. The van der Waals surface area contributed by atoms with Crippen molar-refractivity contribution >= 4 is 33.4 Å². The molecule has 5 nitrogen and oxygen atoms in total. The summed E-state index contributed by atoms with van der Waals surface area (Å²) >= 11 is 1.42. The molecule has 152 valence electrons. The average molecular weight is 411 g/mol. The lowest BCUT2D eigenvalue weighted by atomic mass is 10.0. The van der Waals surface area contributed by atoms with E-state index in [4.69, 9.17) is 4.74 Å². The van der Waals surface area contributed by atoms with E-state index in [-0.39, 0.29) is 24.8 Å². The van der Waals surface area contributed by atoms with Gasteiger partial charge in [0.2, 0.25) is 0 Å². The maximum atomic E-state index is 12.7. The molecular weight excluding hydrogens is 384 g/mol. The van der Waals surface area contributed by atoms with Crippen LogP contribution in [0.25, 0.3) is 10.2 Å². The van der Waals surface area contributed by atoms with Crippen molar-refractivity contribution in [3.8, 4) is 0 Å². The second kappa shape index (κ2) is 8.74. The van der Waals surface area contributed by atoms with Gasteiger partial charge in [-0.3, -0.25) is 9.59 Å². The van der Waals surface area contributed by atoms with Gasteiger partial charge in [0.25, 0.3) is 5.91 Å². The average Bonchev–Trinajstić information content (AvgIpc) is 2.94. The van der Waals surface area contributed by atoms with Crippen LogP contribution in [0.4, 0.5) is 0 Å². The number of aromatic nitrogens is 1. The van der Waals surface area contributed by atoms with E-state index >= 15 is 0 Å². The van der Waals surface area contributed by atoms with E-state index in [0.29, 0.717) is 11.4 Å². The standard InChI is InChI=1S/C23H26N2O3S/c1-6-28-22(27)13-25-19-10-15(3)16(4)11-20(19)29-23(25)24-21(26)12-18-8-7-14(2)9-17(18)5/h7-11H,6,12-13H2,1-5H3. The number of carbonyl (C=O) groups is 2. The zero-order valence-corrected chi connectivity index (χ0v) is 18.4. The van der Waals surface area contributed by atoms with E-state index in [1.54, 1.807) is 11.5 Å². The Balaban J connectivity index is 2.03. The number of hydrogen-bond donors (Lipinski definition) is 0. The highest BCUT2D eigenvalue weighted by atomic mass is 32.1. The molecule has 0 spiro atoms. The van der Waals surface area contributed by atoms with Gasteiger partial charge in [-0.25, -0.2) is 0 Å². The molecule has 0 atom stereocenters. The minimum absolute atomic E-state index is 0.0337. The molecule has 0 aliphatic carbocycles. The Morgan fingerprint density at radius 1 is 1.03 bits per heavy atom. The van der Waals surface area contributed by atoms with Crippen molar-refractivity contribution in [2.24, 2.45) is 4.99 Å². The number of aryl methyl sites for hydroxylation is 4. The number of nitrogens with zero attached hydrogens (tertiary/aromatic N) is 2. The Morgan fingerprint density at radius 3 is 2.45 bits per heavy atom. The molecule has 0 unspecified atom stereocenters. The van der Waals surface area contributed by atoms with Gasteiger partial charge in [-0.1, -0.05) is 35.1 Å². The van der Waals surface area contributed by atoms with Crippen molar-refractivity contribution in [1.82, 2.24) is 4.57 Å². The summed E-state index contributed by atoms with van der Waals surface area (Å²) in [7, 11) is 0. The van der Waals surface area contributed by atoms with Crippen molar-refractivity contribution in [2.45, 2.75) is 47.6 Å². The van der Waals surface area contributed by atoms with Gasteiger partial charge in [0.15, 0.2) is 4.80 Å². The van der Waals surface area contributed by atoms with Crippen LogP contribution in [-0.4, -0.2) is 23.1 Å². The predicted molar refractivity (Wildman–Crippen MR) is 116 cm³/mol. The summed E-state index contributed by atoms with van der Waals surface area (Å²) in [5, 5.41) is 0. The summed E-state index contributed by atoms with van der Waals surface area (Å²) in [6, 6.07) is 10.1. The first-order valence-electron chi connectivity index (χ1n) is 9.68. The lowest BCUT2D eigenvalue weighted by Gasteiger charge is -2.07. The lowest BCUT2D eigenvalue weighted by molar-refractivity contribution is -0.143. The minimum Gasteiger partial charge on any atom is -0.465 e. The minimum atomic E-state index is -0.339. The number of thiazole rings is 1. The molecule has 3 rings (SSSR count). The van der Waals surface area contributed by atoms with Gasteiger partial charge in [-0.2, -0.15) is 4.99 Å². The zero-order valence-electron chi connectivity index (χ0n) is 17.5. The number of fused-ring (bicyclic) bond motifs is 1. The predicted octanol–water partition coefficient (Wildman–Crippen LogP) is 4.17. The van der Waals surface area contributed by atoms with Crippen LogP contribution in [0.5, 0.6) is 0 Å². The van der Waals surface area contributed by atoms with Crippen LogP contribution in [0.15, 0.2) is 35.3 Å². The number of rotatable bonds is 5. The fourth-order valence-electron chi connectivity index (χ4n) is 3.25. The molecule has 0 bridgehead atoms. The summed E-state index contributed by atoms with van der Waals surface area (Å²) in [6.07, 6.45) is 0.234. The third kappa shape index (κ3) is 4.82. The first kappa shape index (κ1) is 21.0. The molecule has 0 aliphatic heterocycles. The van der Waals surface area contributed by atoms with Crippen molar-refractivity contribution < 1.29 is 14.3 Å². The topological polar surface area (TPSA) is 60.7 Å². The number of amides is 1. The molecule has 6 heteroatoms. The van der Waals surface area contributed by atoms with Crippen LogP contribution in [0, 0.1) is 27.7 Å². The van der Waals surface area contributed by atoms with Crippen molar-refractivity contribution in [1.29, 1.82) is 0 Å². The Hall–Kier alpha value is -2.73. The number of benzene rings is 2. The fraction of sp³-hybridized carbons (Fsp3) is 0.348. The van der Waals surface area contributed by atoms with Gasteiger partial charge in [-0.05, 0) is 69.0 Å². The van der Waals surface area contributed by atoms with E-state index < -0.39 is 0 Å². The highest BCUT2D eigenvalue weighted by Gasteiger charge is 2.14. The van der Waals surface area contributed by atoms with Gasteiger partial charge in [0, 0.05) is 0 Å². The lowest BCUT2D eigenvalue weighted by Crippen LogP contribution is -2.23. The zero-order chi connectivity index (χ0) is 21.1. The third-order valence-electron chi connectivity index (χ3n) is 4.95. The Morgan fingerprint density at radius 2 is 1.76 bits per heavy atom. The molecule has 0 radical (unpaired) electrons. The summed E-state index contributed by atoms with van der Waals surface area (Å²) in [6.45, 7) is 10.2. The van der Waals surface area contributed by atoms with Crippen LogP contribution in [-0.2, 0) is 27.3 Å². The number of carbonyl (C=O) groups excluding carboxylic acids is 2. The van der Waals surface area contributed by atoms with Gasteiger partial charge >= 0.3 is 5.97 Å². The summed E-state index contributed by atoms with van der Waals surface area (Å²) in [4.78, 5) is 29.7. The molecule has 0 fully saturated rings. The highest BCUT2D eigenvalue weighted by Crippen LogP contribution is 2.22. The monoisotopic (exact) mass is 410 g/mol. The molecule has 1 aromatic heterocycles. The van der Waals surface area contributed by atoms with Gasteiger partial charge in [0.05, 0.1) is 23.2 Å². The van der Waals surface area contributed by atoms with Gasteiger partial charge in [-0.15, -0.1) is 0 Å². The Bertz CT molecular complexity index is 1150. The van der Waals surface area contributed by atoms with Gasteiger partial charge < -0.3 is 9.30 Å². The SMILES string of the molecule is CCOC(=O)Cn1c(=NC(=O)Cc2ccc(C)cc2C)sc2cc(C)c(C)cc21. The van der Waals surface area contributed by atoms with E-state index in [9.17, 15) is 9.59 Å². The normalized spacial score (nSPS) is 11.8. The molecule has 3 aromatic rings. The first-order valence-corrected chi connectivity index (χ1v) is 10.5. The van der Waals surface area contributed by atoms with Gasteiger partial charge in [0.1, 0.15) is 6.54 Å². The van der Waals surface area contributed by atoms with E-state index in [0.717, 1.165) is 38.0 Å². The van der Waals surface area contributed by atoms with E-state index in [2.05, 4.69) is 17.1 Å². The smallest absolute Gasteiger partial charge is 0.326 e. The molecule has 29 heavy (non-hydrogen) atoms. The second-order valence-electron chi connectivity index (χ2n) is 7.29. The van der Waals surface area contributed by atoms with Crippen LogP contribution >= 0.6 is 11.3 Å². The summed E-state index contributed by atoms with van der Waals surface area (Å²) in [5.74, 6) is -0.566. The van der Waals surface area contributed by atoms with Crippen LogP contribution in [0.2, 0.25) is 0 Å². The second-order valence-corrected chi connectivity index (χ2v) is 8.30. The number of ether oxygens (including phenoxy) is 1. The van der Waals surface area contributed by atoms with E-state index in [1.165, 1.54) is 11.3 Å². The van der Waals surface area contributed by atoms with Crippen molar-refractivity contribution in [2.75, 3.05) is 6.61 Å². The van der Waals surface area contributed by atoms with Crippen LogP contribution in [0.1, 0.15) is 34.7 Å². The largest absolute Gasteiger partial charge is 0.465 e. The first-order chi connectivity index (χ1) is 13.8. The number of hydrogen-bond acceptors (Lipinski definition) is 4. The Kier molecular flexibility index (Phi) is 6.33. The quantitative estimate of drug-likeness (QED) is 0.593. The summed E-state index contributed by atoms with van der Waals surface area (Å²) in [5.41, 5.74) is 6.39. The third-order valence-corrected chi connectivity index (χ3v) is 5.99. The summed E-state index contributed by atoms with van der Waals surface area (Å²) < 4.78 is 7.90. The van der Waals surface area contributed by atoms with Crippen LogP contribution < -0.4 is 4.80 Å². The van der Waals surface area contributed by atoms with E-state index in [1.807, 2.05) is 45.9 Å². The molecule has 1 amide bonds. The van der Waals surface area contributed by atoms with Crippen molar-refractivity contribution in [3.05, 3.63) is 63.0 Å². The number of esters is 1. The van der Waals surface area contributed by atoms with Crippen LogP contribution in [0.3, 0.4) is 0 Å². The molecule has 0 N–H and O–H groups in total. The molecule has 2 aromatic carbocycles. The molecule has 1 heterocycles. The molecule has 0 saturated carbocycles.